The van der Waals surface area contributed by atoms with Crippen molar-refractivity contribution in [2.75, 3.05) is 26.2 Å². The first-order chi connectivity index (χ1) is 15.0. The molecule has 0 saturated carbocycles. The van der Waals surface area contributed by atoms with Crippen molar-refractivity contribution in [2.24, 2.45) is 0 Å². The van der Waals surface area contributed by atoms with Crippen molar-refractivity contribution in [3.63, 3.8) is 0 Å². The predicted molar refractivity (Wildman–Crippen MR) is 119 cm³/mol. The topological polar surface area (TPSA) is 97.7 Å². The Labute approximate surface area is 186 Å². The van der Waals surface area contributed by atoms with Crippen LogP contribution in [-0.2, 0) is 11.5 Å². The standard InChI is InChI=1S/C21H29N5O4S/c1-2-3-4-5-6-7-19(27)24-14-12-23(13-15-24)16-25-21(31)30-20(22-25)17-8-10-18(11-9-17)26(28)29/h8-11H,2-7,12-16H2,1H3. The zero-order valence-corrected chi connectivity index (χ0v) is 18.7. The van der Waals surface area contributed by atoms with Crippen LogP contribution in [-0.4, -0.2) is 56.6 Å². The van der Waals surface area contributed by atoms with Gasteiger partial charge in [0.15, 0.2) is 0 Å². The van der Waals surface area contributed by atoms with Gasteiger partial charge in [-0.3, -0.25) is 19.8 Å². The second-order valence-electron chi connectivity index (χ2n) is 7.78. The molecule has 1 aliphatic heterocycles. The third-order valence-corrected chi connectivity index (χ3v) is 5.78. The fourth-order valence-electron chi connectivity index (χ4n) is 3.60. The Hall–Kier alpha value is -2.59. The molecule has 1 aromatic heterocycles. The number of non-ortho nitro benzene ring substituents is 1. The van der Waals surface area contributed by atoms with Crippen molar-refractivity contribution in [3.05, 3.63) is 39.2 Å². The van der Waals surface area contributed by atoms with E-state index in [9.17, 15) is 14.9 Å². The molecule has 2 heterocycles. The summed E-state index contributed by atoms with van der Waals surface area (Å²) in [5, 5.41) is 15.2. The van der Waals surface area contributed by atoms with Crippen molar-refractivity contribution >= 4 is 23.8 Å². The summed E-state index contributed by atoms with van der Waals surface area (Å²) in [5.41, 5.74) is 0.639. The van der Waals surface area contributed by atoms with Crippen LogP contribution in [0.2, 0.25) is 0 Å². The highest BCUT2D eigenvalue weighted by atomic mass is 32.1. The van der Waals surface area contributed by atoms with Gasteiger partial charge in [0.25, 0.3) is 10.5 Å². The number of carbonyl (C=O) groups is 1. The van der Waals surface area contributed by atoms with E-state index >= 15 is 0 Å². The molecule has 0 unspecified atom stereocenters. The van der Waals surface area contributed by atoms with Gasteiger partial charge in [-0.25, -0.2) is 4.68 Å². The van der Waals surface area contributed by atoms with E-state index < -0.39 is 4.92 Å². The highest BCUT2D eigenvalue weighted by Gasteiger charge is 2.22. The van der Waals surface area contributed by atoms with Gasteiger partial charge < -0.3 is 9.32 Å². The van der Waals surface area contributed by atoms with Crippen LogP contribution in [0.3, 0.4) is 0 Å². The lowest BCUT2D eigenvalue weighted by molar-refractivity contribution is -0.384. The van der Waals surface area contributed by atoms with Gasteiger partial charge >= 0.3 is 0 Å². The van der Waals surface area contributed by atoms with Crippen LogP contribution >= 0.6 is 12.2 Å². The van der Waals surface area contributed by atoms with Crippen LogP contribution in [0.25, 0.3) is 11.5 Å². The summed E-state index contributed by atoms with van der Waals surface area (Å²) >= 11 is 5.29. The lowest BCUT2D eigenvalue weighted by Gasteiger charge is -2.34. The van der Waals surface area contributed by atoms with E-state index in [1.165, 1.54) is 31.4 Å². The molecule has 0 radical (unpaired) electrons. The minimum atomic E-state index is -0.450. The molecule has 2 aromatic rings. The normalized spacial score (nSPS) is 14.7. The van der Waals surface area contributed by atoms with Crippen LogP contribution in [0.1, 0.15) is 45.4 Å². The molecule has 1 saturated heterocycles. The molecular formula is C21H29N5O4S. The van der Waals surface area contributed by atoms with E-state index in [1.54, 1.807) is 16.8 Å². The summed E-state index contributed by atoms with van der Waals surface area (Å²) < 4.78 is 7.19. The maximum Gasteiger partial charge on any atom is 0.288 e. The molecule has 10 heteroatoms. The van der Waals surface area contributed by atoms with E-state index in [1.807, 2.05) is 4.90 Å². The molecule has 0 N–H and O–H groups in total. The monoisotopic (exact) mass is 447 g/mol. The van der Waals surface area contributed by atoms with Gasteiger partial charge in [0.05, 0.1) is 11.6 Å². The Kier molecular flexibility index (Phi) is 8.30. The Bertz CT molecular complexity index is 932. The van der Waals surface area contributed by atoms with Gasteiger partial charge in [-0.05, 0) is 30.8 Å². The highest BCUT2D eigenvalue weighted by molar-refractivity contribution is 7.71. The van der Waals surface area contributed by atoms with Crippen molar-refractivity contribution in [2.45, 2.75) is 52.1 Å². The first-order valence-corrected chi connectivity index (χ1v) is 11.2. The molecule has 1 fully saturated rings. The van der Waals surface area contributed by atoms with Gasteiger partial charge in [0.2, 0.25) is 11.8 Å². The Morgan fingerprint density at radius 1 is 1.13 bits per heavy atom. The average molecular weight is 448 g/mol. The molecule has 1 aliphatic rings. The zero-order valence-electron chi connectivity index (χ0n) is 17.9. The molecule has 0 aliphatic carbocycles. The molecule has 0 bridgehead atoms. The number of hydrogen-bond acceptors (Lipinski definition) is 7. The number of carbonyl (C=O) groups excluding carboxylic acids is 1. The number of hydrogen-bond donors (Lipinski definition) is 0. The molecule has 1 aromatic carbocycles. The average Bonchev–Trinajstić information content (AvgIpc) is 3.14. The summed E-state index contributed by atoms with van der Waals surface area (Å²) in [6, 6.07) is 6.01. The Morgan fingerprint density at radius 2 is 1.81 bits per heavy atom. The van der Waals surface area contributed by atoms with E-state index in [4.69, 9.17) is 16.6 Å². The molecule has 9 nitrogen and oxygen atoms in total. The van der Waals surface area contributed by atoms with E-state index in [0.29, 0.717) is 37.6 Å². The van der Waals surface area contributed by atoms with Crippen LogP contribution in [0, 0.1) is 15.0 Å². The second-order valence-corrected chi connectivity index (χ2v) is 8.13. The summed E-state index contributed by atoms with van der Waals surface area (Å²) in [7, 11) is 0. The Morgan fingerprint density at radius 3 is 2.45 bits per heavy atom. The first-order valence-electron chi connectivity index (χ1n) is 10.8. The molecule has 168 valence electrons. The molecular weight excluding hydrogens is 418 g/mol. The summed E-state index contributed by atoms with van der Waals surface area (Å²) in [6.45, 7) is 5.58. The van der Waals surface area contributed by atoms with Crippen molar-refractivity contribution in [1.29, 1.82) is 0 Å². The smallest absolute Gasteiger partial charge is 0.288 e. The Balaban J connectivity index is 1.49. The number of nitrogens with zero attached hydrogens (tertiary/aromatic N) is 5. The number of nitro groups is 1. The second kappa shape index (κ2) is 11.1. The lowest BCUT2D eigenvalue weighted by Crippen LogP contribution is -2.49. The summed E-state index contributed by atoms with van der Waals surface area (Å²) in [5.74, 6) is 0.575. The first kappa shape index (κ1) is 23.1. The molecule has 31 heavy (non-hydrogen) atoms. The fourth-order valence-corrected chi connectivity index (χ4v) is 3.78. The quantitative estimate of drug-likeness (QED) is 0.232. The molecule has 0 atom stereocenters. The number of aromatic nitrogens is 2. The summed E-state index contributed by atoms with van der Waals surface area (Å²) in [4.78, 5) is 27.1. The number of rotatable bonds is 10. The highest BCUT2D eigenvalue weighted by Crippen LogP contribution is 2.21. The molecule has 0 spiro atoms. The maximum absolute atomic E-state index is 12.4. The van der Waals surface area contributed by atoms with Gasteiger partial charge in [-0.2, -0.15) is 0 Å². The number of benzene rings is 1. The van der Waals surface area contributed by atoms with Crippen LogP contribution < -0.4 is 0 Å². The SMILES string of the molecule is CCCCCCCC(=O)N1CCN(Cn2nc(-c3ccc([N+](=O)[O-])cc3)oc2=S)CC1. The van der Waals surface area contributed by atoms with Crippen LogP contribution in [0.5, 0.6) is 0 Å². The zero-order chi connectivity index (χ0) is 22.2. The van der Waals surface area contributed by atoms with E-state index in [2.05, 4.69) is 16.9 Å². The number of unbranched alkanes of at least 4 members (excludes halogenated alkanes) is 4. The van der Waals surface area contributed by atoms with Crippen molar-refractivity contribution < 1.29 is 14.1 Å². The third kappa shape index (κ3) is 6.44. The van der Waals surface area contributed by atoms with Crippen molar-refractivity contribution in [3.8, 4) is 11.5 Å². The molecule has 3 rings (SSSR count). The summed E-state index contributed by atoms with van der Waals surface area (Å²) in [6.07, 6.45) is 6.39. The third-order valence-electron chi connectivity index (χ3n) is 5.48. The minimum Gasteiger partial charge on any atom is -0.409 e. The van der Waals surface area contributed by atoms with E-state index in [0.717, 1.165) is 25.9 Å². The van der Waals surface area contributed by atoms with Crippen molar-refractivity contribution in [1.82, 2.24) is 19.6 Å². The van der Waals surface area contributed by atoms with E-state index in [-0.39, 0.29) is 16.4 Å². The van der Waals surface area contributed by atoms with Gasteiger partial charge in [0, 0.05) is 50.3 Å². The van der Waals surface area contributed by atoms with Crippen LogP contribution in [0.15, 0.2) is 28.7 Å². The number of nitro benzene ring substituents is 1. The number of piperazine rings is 1. The van der Waals surface area contributed by atoms with Crippen LogP contribution in [0.4, 0.5) is 5.69 Å². The molecule has 1 amide bonds. The predicted octanol–water partition coefficient (Wildman–Crippen LogP) is 4.24. The van der Waals surface area contributed by atoms with Gasteiger partial charge in [0.1, 0.15) is 0 Å². The maximum atomic E-state index is 12.4. The van der Waals surface area contributed by atoms with Gasteiger partial charge in [-0.1, -0.05) is 32.6 Å². The lowest BCUT2D eigenvalue weighted by atomic mass is 10.1. The van der Waals surface area contributed by atoms with Gasteiger partial charge in [-0.15, -0.1) is 5.10 Å². The largest absolute Gasteiger partial charge is 0.409 e. The fraction of sp³-hybridized carbons (Fsp3) is 0.571. The number of amides is 1. The minimum absolute atomic E-state index is 0.00940.